The second-order valence-corrected chi connectivity index (χ2v) is 7.08. The van der Waals surface area contributed by atoms with Crippen LogP contribution in [0.3, 0.4) is 0 Å². The molecule has 26 heavy (non-hydrogen) atoms. The summed E-state index contributed by atoms with van der Waals surface area (Å²) in [5.74, 6) is -0.315. The fourth-order valence-electron chi connectivity index (χ4n) is 3.41. The first kappa shape index (κ1) is 16.9. The number of benzene rings is 2. The highest BCUT2D eigenvalue weighted by Gasteiger charge is 2.46. The van der Waals surface area contributed by atoms with Crippen LogP contribution in [0.25, 0.3) is 10.9 Å². The van der Waals surface area contributed by atoms with Crippen molar-refractivity contribution in [2.24, 2.45) is 0 Å². The van der Waals surface area contributed by atoms with E-state index < -0.39 is 11.7 Å². The van der Waals surface area contributed by atoms with Gasteiger partial charge in [0.1, 0.15) is 11.6 Å². The maximum Gasteiger partial charge on any atom is 0.255 e. The van der Waals surface area contributed by atoms with Crippen LogP contribution in [0.4, 0.5) is 4.39 Å². The third kappa shape index (κ3) is 2.82. The molecule has 0 spiro atoms. The molecule has 3 aromatic rings. The minimum absolute atomic E-state index is 0.106. The van der Waals surface area contributed by atoms with Gasteiger partial charge in [0.05, 0.1) is 17.7 Å². The Bertz CT molecular complexity index is 974. The van der Waals surface area contributed by atoms with Crippen LogP contribution in [0.2, 0.25) is 5.02 Å². The van der Waals surface area contributed by atoms with Gasteiger partial charge in [0.15, 0.2) is 0 Å². The van der Waals surface area contributed by atoms with Crippen molar-refractivity contribution in [2.45, 2.75) is 18.3 Å². The van der Waals surface area contributed by atoms with Gasteiger partial charge >= 0.3 is 0 Å². The molecule has 4 nitrogen and oxygen atoms in total. The molecule has 1 aliphatic carbocycles. The lowest BCUT2D eigenvalue weighted by molar-refractivity contribution is 0.0946. The lowest BCUT2D eigenvalue weighted by Crippen LogP contribution is -2.32. The fraction of sp³-hybridized carbons (Fsp3) is 0.250. The Morgan fingerprint density at radius 2 is 2.15 bits per heavy atom. The molecule has 1 fully saturated rings. The normalized spacial score (nSPS) is 15.0. The van der Waals surface area contributed by atoms with Gasteiger partial charge in [-0.2, -0.15) is 0 Å². The Morgan fingerprint density at radius 1 is 1.35 bits per heavy atom. The first-order valence-electron chi connectivity index (χ1n) is 8.42. The highest BCUT2D eigenvalue weighted by molar-refractivity contribution is 6.33. The molecular weight excluding hydrogens is 355 g/mol. The Morgan fingerprint density at radius 3 is 2.85 bits per heavy atom. The van der Waals surface area contributed by atoms with Crippen LogP contribution >= 0.6 is 11.6 Å². The number of aromatic amines is 1. The number of carbonyl (C=O) groups excluding carboxylic acids is 1. The number of hydrogen-bond donors (Lipinski definition) is 2. The highest BCUT2D eigenvalue weighted by Crippen LogP contribution is 2.50. The topological polar surface area (TPSA) is 54.1 Å². The van der Waals surface area contributed by atoms with Crippen LogP contribution < -0.4 is 10.1 Å². The van der Waals surface area contributed by atoms with Crippen molar-refractivity contribution >= 4 is 28.4 Å². The molecule has 1 saturated carbocycles. The van der Waals surface area contributed by atoms with E-state index in [1.807, 2.05) is 24.4 Å². The smallest absolute Gasteiger partial charge is 0.255 e. The zero-order valence-electron chi connectivity index (χ0n) is 14.2. The second-order valence-electron chi connectivity index (χ2n) is 6.67. The molecule has 1 aromatic heterocycles. The highest BCUT2D eigenvalue weighted by atomic mass is 35.5. The van der Waals surface area contributed by atoms with Crippen molar-refractivity contribution in [1.29, 1.82) is 0 Å². The molecule has 1 aliphatic rings. The van der Waals surface area contributed by atoms with E-state index in [9.17, 15) is 9.18 Å². The third-order valence-electron chi connectivity index (χ3n) is 5.09. The van der Waals surface area contributed by atoms with Gasteiger partial charge in [-0.15, -0.1) is 0 Å². The fourth-order valence-corrected chi connectivity index (χ4v) is 3.66. The first-order chi connectivity index (χ1) is 12.5. The molecule has 0 unspecified atom stereocenters. The van der Waals surface area contributed by atoms with Gasteiger partial charge in [0, 0.05) is 29.1 Å². The average Bonchev–Trinajstić information content (AvgIpc) is 3.30. The Balaban J connectivity index is 1.58. The average molecular weight is 373 g/mol. The number of rotatable bonds is 5. The molecule has 2 aromatic carbocycles. The number of hydrogen-bond acceptors (Lipinski definition) is 2. The van der Waals surface area contributed by atoms with Crippen molar-refractivity contribution in [3.8, 4) is 5.75 Å². The summed E-state index contributed by atoms with van der Waals surface area (Å²) in [6.45, 7) is 0.431. The molecule has 6 heteroatoms. The van der Waals surface area contributed by atoms with Gasteiger partial charge < -0.3 is 15.0 Å². The lowest BCUT2D eigenvalue weighted by Gasteiger charge is -2.16. The van der Waals surface area contributed by atoms with Crippen molar-refractivity contribution in [2.75, 3.05) is 13.7 Å². The molecule has 2 N–H and O–H groups in total. The Hall–Kier alpha value is -2.53. The van der Waals surface area contributed by atoms with Gasteiger partial charge in [-0.1, -0.05) is 17.7 Å². The number of ether oxygens (including phenoxy) is 1. The van der Waals surface area contributed by atoms with Crippen molar-refractivity contribution in [1.82, 2.24) is 10.3 Å². The van der Waals surface area contributed by atoms with Crippen LogP contribution in [-0.2, 0) is 5.41 Å². The van der Waals surface area contributed by atoms with Crippen LogP contribution in [0, 0.1) is 5.82 Å². The van der Waals surface area contributed by atoms with E-state index in [-0.39, 0.29) is 16.0 Å². The summed E-state index contributed by atoms with van der Waals surface area (Å²) < 4.78 is 19.3. The summed E-state index contributed by atoms with van der Waals surface area (Å²) in [5, 5.41) is 4.05. The van der Waals surface area contributed by atoms with Gasteiger partial charge in [-0.25, -0.2) is 4.39 Å². The number of methoxy groups -OCH3 is 1. The summed E-state index contributed by atoms with van der Waals surface area (Å²) >= 11 is 5.98. The zero-order chi connectivity index (χ0) is 18.3. The molecule has 0 radical (unpaired) electrons. The lowest BCUT2D eigenvalue weighted by atomic mass is 9.95. The summed E-state index contributed by atoms with van der Waals surface area (Å²) in [6.07, 6.45) is 3.91. The van der Waals surface area contributed by atoms with Crippen LogP contribution in [0.15, 0.2) is 42.6 Å². The standard InChI is InChI=1S/C20H18ClFN2O2/c1-26-12-5-6-17-13(9-12)14(10-23-17)20(7-8-20)11-24-19(25)18-15(21)3-2-4-16(18)22/h2-6,9-10,23H,7-8,11H2,1H3,(H,24,25). The van der Waals surface area contributed by atoms with E-state index >= 15 is 0 Å². The van der Waals surface area contributed by atoms with Crippen LogP contribution in [0.1, 0.15) is 28.8 Å². The van der Waals surface area contributed by atoms with Crippen LogP contribution in [0.5, 0.6) is 5.75 Å². The zero-order valence-corrected chi connectivity index (χ0v) is 15.0. The van der Waals surface area contributed by atoms with Gasteiger partial charge in [-0.05, 0) is 48.7 Å². The maximum absolute atomic E-state index is 13.9. The number of halogens is 2. The second kappa shape index (κ2) is 6.32. The molecule has 1 heterocycles. The predicted octanol–water partition coefficient (Wildman–Crippen LogP) is 4.43. The molecule has 0 aliphatic heterocycles. The Labute approximate surface area is 155 Å². The molecule has 0 bridgehead atoms. The molecule has 1 amide bonds. The minimum Gasteiger partial charge on any atom is -0.497 e. The van der Waals surface area contributed by atoms with E-state index in [0.29, 0.717) is 6.54 Å². The van der Waals surface area contributed by atoms with Gasteiger partial charge in [0.25, 0.3) is 5.91 Å². The summed E-state index contributed by atoms with van der Waals surface area (Å²) in [5.41, 5.74) is 1.92. The third-order valence-corrected chi connectivity index (χ3v) is 5.41. The predicted molar refractivity (Wildman–Crippen MR) is 99.5 cm³/mol. The number of H-pyrrole nitrogens is 1. The molecule has 0 saturated heterocycles. The van der Waals surface area contributed by atoms with Crippen molar-refractivity contribution < 1.29 is 13.9 Å². The summed E-state index contributed by atoms with van der Waals surface area (Å²) in [4.78, 5) is 15.7. The largest absolute Gasteiger partial charge is 0.497 e. The number of aromatic nitrogens is 1. The molecule has 134 valence electrons. The molecular formula is C20H18ClFN2O2. The number of carbonyl (C=O) groups is 1. The van der Waals surface area contributed by atoms with Gasteiger partial charge in [-0.3, -0.25) is 4.79 Å². The minimum atomic E-state index is -0.614. The number of amides is 1. The van der Waals surface area contributed by atoms with E-state index in [0.717, 1.165) is 35.1 Å². The van der Waals surface area contributed by atoms with Crippen molar-refractivity contribution in [3.63, 3.8) is 0 Å². The maximum atomic E-state index is 13.9. The summed E-state index contributed by atoms with van der Waals surface area (Å²) in [7, 11) is 1.64. The quantitative estimate of drug-likeness (QED) is 0.696. The van der Waals surface area contributed by atoms with E-state index in [1.54, 1.807) is 7.11 Å². The molecule has 4 rings (SSSR count). The number of nitrogens with one attached hydrogen (secondary N) is 2. The SMILES string of the molecule is COc1ccc2[nH]cc(C3(CNC(=O)c4c(F)cccc4Cl)CC3)c2c1. The van der Waals surface area contributed by atoms with E-state index in [1.165, 1.54) is 18.2 Å². The first-order valence-corrected chi connectivity index (χ1v) is 8.80. The number of fused-ring (bicyclic) bond motifs is 1. The Kier molecular flexibility index (Phi) is 4.11. The molecule has 0 atom stereocenters. The monoisotopic (exact) mass is 372 g/mol. The van der Waals surface area contributed by atoms with Crippen LogP contribution in [-0.4, -0.2) is 24.5 Å². The van der Waals surface area contributed by atoms with Gasteiger partial charge in [0.2, 0.25) is 0 Å². The summed E-state index contributed by atoms with van der Waals surface area (Å²) in [6, 6.07) is 10.1. The van der Waals surface area contributed by atoms with E-state index in [4.69, 9.17) is 16.3 Å². The van der Waals surface area contributed by atoms with Crippen molar-refractivity contribution in [3.05, 3.63) is 64.6 Å². The van der Waals surface area contributed by atoms with E-state index in [2.05, 4.69) is 10.3 Å².